The van der Waals surface area contributed by atoms with Gasteiger partial charge in [-0.25, -0.2) is 0 Å². The number of rotatable bonds is 7. The monoisotopic (exact) mass is 180 g/mol. The van der Waals surface area contributed by atoms with Gasteiger partial charge in [0.05, 0.1) is 6.07 Å². The highest BCUT2D eigenvalue weighted by Crippen LogP contribution is 2.29. The van der Waals surface area contributed by atoms with Crippen LogP contribution in [0.1, 0.15) is 39.0 Å². The fraction of sp³-hybridized carbons (Fsp3) is 0.909. The summed E-state index contributed by atoms with van der Waals surface area (Å²) in [7, 11) is 0. The van der Waals surface area contributed by atoms with Gasteiger partial charge in [0.15, 0.2) is 0 Å². The lowest BCUT2D eigenvalue weighted by molar-refractivity contribution is 0.271. The maximum Gasteiger partial charge on any atom is 0.0621 e. The Balaban J connectivity index is 1.98. The fourth-order valence-corrected chi connectivity index (χ4v) is 1.58. The van der Waals surface area contributed by atoms with Crippen LogP contribution in [0.25, 0.3) is 0 Å². The van der Waals surface area contributed by atoms with Gasteiger partial charge in [0.25, 0.3) is 0 Å². The molecule has 2 heteroatoms. The molecule has 1 saturated carbocycles. The summed E-state index contributed by atoms with van der Waals surface area (Å²) in [6.07, 6.45) is 5.86. The minimum Gasteiger partial charge on any atom is -0.303 e. The lowest BCUT2D eigenvalue weighted by Crippen LogP contribution is -2.26. The van der Waals surface area contributed by atoms with Gasteiger partial charge < -0.3 is 4.90 Å². The molecule has 0 bridgehead atoms. The topological polar surface area (TPSA) is 27.0 Å². The van der Waals surface area contributed by atoms with E-state index in [4.69, 9.17) is 5.26 Å². The van der Waals surface area contributed by atoms with Gasteiger partial charge >= 0.3 is 0 Å². The zero-order valence-electron chi connectivity index (χ0n) is 8.63. The van der Waals surface area contributed by atoms with E-state index in [1.54, 1.807) is 0 Å². The van der Waals surface area contributed by atoms with Crippen LogP contribution in [0.4, 0.5) is 0 Å². The second kappa shape index (κ2) is 5.99. The SMILES string of the molecule is CCN(CCCCC#N)CC1CC1. The predicted molar refractivity (Wildman–Crippen MR) is 54.3 cm³/mol. The Bertz CT molecular complexity index is 167. The van der Waals surface area contributed by atoms with E-state index < -0.39 is 0 Å². The maximum atomic E-state index is 8.38. The molecule has 74 valence electrons. The fourth-order valence-electron chi connectivity index (χ4n) is 1.58. The molecule has 1 rings (SSSR count). The minimum absolute atomic E-state index is 0.723. The molecule has 1 aliphatic rings. The quantitative estimate of drug-likeness (QED) is 0.563. The van der Waals surface area contributed by atoms with Crippen LogP contribution in [0.15, 0.2) is 0 Å². The largest absolute Gasteiger partial charge is 0.303 e. The van der Waals surface area contributed by atoms with Crippen molar-refractivity contribution in [2.24, 2.45) is 5.92 Å². The van der Waals surface area contributed by atoms with Crippen LogP contribution in [0.5, 0.6) is 0 Å². The van der Waals surface area contributed by atoms with Gasteiger partial charge in [-0.2, -0.15) is 5.26 Å². The van der Waals surface area contributed by atoms with Crippen LogP contribution in [0, 0.1) is 17.2 Å². The molecule has 0 spiro atoms. The zero-order valence-corrected chi connectivity index (χ0v) is 8.63. The summed E-state index contributed by atoms with van der Waals surface area (Å²) in [4.78, 5) is 2.52. The Morgan fingerprint density at radius 3 is 2.69 bits per heavy atom. The summed E-state index contributed by atoms with van der Waals surface area (Å²) in [6.45, 7) is 5.88. The van der Waals surface area contributed by atoms with E-state index in [1.807, 2.05) is 0 Å². The molecule has 1 aliphatic carbocycles. The molecular formula is C11H20N2. The highest BCUT2D eigenvalue weighted by Gasteiger charge is 2.23. The average molecular weight is 180 g/mol. The molecule has 0 radical (unpaired) electrons. The standard InChI is InChI=1S/C11H20N2/c1-2-13(10-11-6-7-11)9-5-3-4-8-12/h11H,2-7,9-10H2,1H3. The first kappa shape index (κ1) is 10.5. The van der Waals surface area contributed by atoms with E-state index in [-0.39, 0.29) is 0 Å². The van der Waals surface area contributed by atoms with Crippen LogP contribution in [0.2, 0.25) is 0 Å². The smallest absolute Gasteiger partial charge is 0.0621 e. The molecule has 0 unspecified atom stereocenters. The highest BCUT2D eigenvalue weighted by atomic mass is 15.1. The molecule has 0 aromatic carbocycles. The molecular weight excluding hydrogens is 160 g/mol. The molecule has 0 atom stereocenters. The van der Waals surface area contributed by atoms with Crippen molar-refractivity contribution in [3.8, 4) is 6.07 Å². The molecule has 2 nitrogen and oxygen atoms in total. The van der Waals surface area contributed by atoms with E-state index in [2.05, 4.69) is 17.9 Å². The van der Waals surface area contributed by atoms with Crippen LogP contribution in [-0.2, 0) is 0 Å². The van der Waals surface area contributed by atoms with Gasteiger partial charge in [-0.3, -0.25) is 0 Å². The van der Waals surface area contributed by atoms with Gasteiger partial charge in [0, 0.05) is 13.0 Å². The summed E-state index contributed by atoms with van der Waals surface area (Å²) in [5, 5.41) is 8.38. The van der Waals surface area contributed by atoms with Crippen molar-refractivity contribution >= 4 is 0 Å². The first-order chi connectivity index (χ1) is 6.36. The molecule has 13 heavy (non-hydrogen) atoms. The third kappa shape index (κ3) is 4.90. The van der Waals surface area contributed by atoms with Crippen molar-refractivity contribution in [3.63, 3.8) is 0 Å². The normalized spacial score (nSPS) is 16.1. The zero-order chi connectivity index (χ0) is 9.52. The summed E-state index contributed by atoms with van der Waals surface area (Å²) >= 11 is 0. The third-order valence-corrected chi connectivity index (χ3v) is 2.67. The van der Waals surface area contributed by atoms with Gasteiger partial charge in [-0.15, -0.1) is 0 Å². The lowest BCUT2D eigenvalue weighted by atomic mass is 10.2. The summed E-state index contributed by atoms with van der Waals surface area (Å²) in [5.41, 5.74) is 0. The summed E-state index contributed by atoms with van der Waals surface area (Å²) in [6, 6.07) is 2.19. The van der Waals surface area contributed by atoms with Crippen LogP contribution < -0.4 is 0 Å². The van der Waals surface area contributed by atoms with Gasteiger partial charge in [0.2, 0.25) is 0 Å². The number of hydrogen-bond acceptors (Lipinski definition) is 2. The molecule has 0 aromatic heterocycles. The predicted octanol–water partition coefficient (Wildman–Crippen LogP) is 2.41. The summed E-state index contributed by atoms with van der Waals surface area (Å²) < 4.78 is 0. The molecule has 1 fully saturated rings. The van der Waals surface area contributed by atoms with Crippen molar-refractivity contribution in [3.05, 3.63) is 0 Å². The Kier molecular flexibility index (Phi) is 4.85. The molecule has 0 amide bonds. The highest BCUT2D eigenvalue weighted by molar-refractivity contribution is 4.77. The maximum absolute atomic E-state index is 8.38. The summed E-state index contributed by atoms with van der Waals surface area (Å²) in [5.74, 6) is 0.996. The molecule has 0 N–H and O–H groups in total. The van der Waals surface area contributed by atoms with E-state index in [9.17, 15) is 0 Å². The number of nitrogens with zero attached hydrogens (tertiary/aromatic N) is 2. The van der Waals surface area contributed by atoms with E-state index in [0.29, 0.717) is 0 Å². The van der Waals surface area contributed by atoms with Gasteiger partial charge in [0.1, 0.15) is 0 Å². The number of nitriles is 1. The van der Waals surface area contributed by atoms with E-state index in [0.717, 1.165) is 18.8 Å². The molecule has 0 heterocycles. The van der Waals surface area contributed by atoms with Crippen molar-refractivity contribution < 1.29 is 0 Å². The second-order valence-electron chi connectivity index (χ2n) is 3.95. The van der Waals surface area contributed by atoms with E-state index in [1.165, 1.54) is 38.9 Å². The van der Waals surface area contributed by atoms with Gasteiger partial charge in [-0.1, -0.05) is 6.92 Å². The van der Waals surface area contributed by atoms with Crippen molar-refractivity contribution in [2.75, 3.05) is 19.6 Å². The van der Waals surface area contributed by atoms with Crippen molar-refractivity contribution in [1.29, 1.82) is 5.26 Å². The van der Waals surface area contributed by atoms with Crippen LogP contribution in [0.3, 0.4) is 0 Å². The Hall–Kier alpha value is -0.550. The Labute approximate surface area is 81.5 Å². The first-order valence-electron chi connectivity index (χ1n) is 5.46. The third-order valence-electron chi connectivity index (χ3n) is 2.67. The van der Waals surface area contributed by atoms with Crippen molar-refractivity contribution in [1.82, 2.24) is 4.90 Å². The molecule has 0 aromatic rings. The lowest BCUT2D eigenvalue weighted by Gasteiger charge is -2.19. The first-order valence-corrected chi connectivity index (χ1v) is 5.46. The van der Waals surface area contributed by atoms with Crippen LogP contribution >= 0.6 is 0 Å². The number of hydrogen-bond donors (Lipinski definition) is 0. The van der Waals surface area contributed by atoms with Gasteiger partial charge in [-0.05, 0) is 44.7 Å². The molecule has 0 saturated heterocycles. The van der Waals surface area contributed by atoms with Crippen molar-refractivity contribution in [2.45, 2.75) is 39.0 Å². The van der Waals surface area contributed by atoms with Crippen LogP contribution in [-0.4, -0.2) is 24.5 Å². The molecule has 0 aliphatic heterocycles. The van der Waals surface area contributed by atoms with E-state index >= 15 is 0 Å². The Morgan fingerprint density at radius 1 is 1.38 bits per heavy atom. The number of unbranched alkanes of at least 4 members (excludes halogenated alkanes) is 2. The minimum atomic E-state index is 0.723. The second-order valence-corrected chi connectivity index (χ2v) is 3.95. The average Bonchev–Trinajstić information content (AvgIpc) is 2.94. The Morgan fingerprint density at radius 2 is 2.15 bits per heavy atom.